The Morgan fingerprint density at radius 2 is 1.96 bits per heavy atom. The first-order valence-corrected chi connectivity index (χ1v) is 9.45. The van der Waals surface area contributed by atoms with Crippen LogP contribution in [0.5, 0.6) is 11.5 Å². The molecule has 0 N–H and O–H groups in total. The Balaban J connectivity index is 1.85. The number of hydrogen-bond acceptors (Lipinski definition) is 5. The second-order valence-electron chi connectivity index (χ2n) is 6.24. The van der Waals surface area contributed by atoms with Crippen molar-refractivity contribution in [2.75, 3.05) is 18.6 Å². The summed E-state index contributed by atoms with van der Waals surface area (Å²) < 4.78 is 11.7. The van der Waals surface area contributed by atoms with Gasteiger partial charge >= 0.3 is 0 Å². The number of rotatable bonds is 5. The quantitative estimate of drug-likeness (QED) is 0.602. The minimum atomic E-state index is -0.422. The molecule has 0 radical (unpaired) electrons. The molecule has 0 spiro atoms. The molecule has 1 saturated carbocycles. The predicted octanol–water partition coefficient (Wildman–Crippen LogP) is 4.07. The molecule has 4 nitrogen and oxygen atoms in total. The molecular formula is C18H23NO3S. The number of thioether (sulfide) groups is 1. The highest BCUT2D eigenvalue weighted by molar-refractivity contribution is 7.99. The third-order valence-corrected chi connectivity index (χ3v) is 5.90. The van der Waals surface area contributed by atoms with E-state index in [-0.39, 0.29) is 6.10 Å². The van der Waals surface area contributed by atoms with Crippen LogP contribution in [0.25, 0.3) is 0 Å². The maximum absolute atomic E-state index is 10.9. The summed E-state index contributed by atoms with van der Waals surface area (Å²) >= 11 is 1.98. The average Bonchev–Trinajstić information content (AvgIpc) is 3.06. The van der Waals surface area contributed by atoms with Crippen LogP contribution in [0.3, 0.4) is 0 Å². The largest absolute Gasteiger partial charge is 0.493 e. The molecule has 2 aliphatic rings. The molecule has 1 heterocycles. The molecular weight excluding hydrogens is 310 g/mol. The standard InChI is InChI=1S/C18H23NO3S/c1-21-17-12-14(18(19-13-20)8-2-3-9-18)4-5-16(17)22-15-6-10-23-11-7-15/h4-5,12,15H,2-3,6-11H2,1H3. The second-order valence-corrected chi connectivity index (χ2v) is 7.46. The van der Waals surface area contributed by atoms with Gasteiger partial charge in [-0.05, 0) is 54.9 Å². The molecule has 5 heteroatoms. The Kier molecular flexibility index (Phi) is 5.29. The van der Waals surface area contributed by atoms with Gasteiger partial charge in [0.2, 0.25) is 6.08 Å². The van der Waals surface area contributed by atoms with Crippen molar-refractivity contribution in [3.05, 3.63) is 23.8 Å². The van der Waals surface area contributed by atoms with Gasteiger partial charge in [0, 0.05) is 0 Å². The Labute approximate surface area is 141 Å². The highest BCUT2D eigenvalue weighted by Gasteiger charge is 2.36. The van der Waals surface area contributed by atoms with E-state index in [1.165, 1.54) is 0 Å². The summed E-state index contributed by atoms with van der Waals surface area (Å²) in [5, 5.41) is 0. The van der Waals surface area contributed by atoms with Crippen molar-refractivity contribution in [3.8, 4) is 11.5 Å². The third-order valence-electron chi connectivity index (χ3n) is 4.85. The number of hydrogen-bond donors (Lipinski definition) is 0. The lowest BCUT2D eigenvalue weighted by Gasteiger charge is -2.26. The number of benzene rings is 1. The lowest BCUT2D eigenvalue weighted by Crippen LogP contribution is -2.23. The van der Waals surface area contributed by atoms with Gasteiger partial charge < -0.3 is 9.47 Å². The monoisotopic (exact) mass is 333 g/mol. The first-order chi connectivity index (χ1) is 11.3. The van der Waals surface area contributed by atoms with Crippen LogP contribution in [0.1, 0.15) is 44.1 Å². The molecule has 0 bridgehead atoms. The van der Waals surface area contributed by atoms with Crippen LogP contribution in [0.2, 0.25) is 0 Å². The SMILES string of the molecule is COc1cc(C2(N=C=O)CCCC2)ccc1OC1CCSCC1. The molecule has 0 unspecified atom stereocenters. The topological polar surface area (TPSA) is 47.9 Å². The number of aliphatic imine (C=N–C) groups is 1. The normalized spacial score (nSPS) is 20.7. The maximum atomic E-state index is 10.9. The van der Waals surface area contributed by atoms with Crippen molar-refractivity contribution >= 4 is 17.8 Å². The molecule has 2 fully saturated rings. The van der Waals surface area contributed by atoms with Gasteiger partial charge in [-0.2, -0.15) is 16.8 Å². The van der Waals surface area contributed by atoms with Crippen LogP contribution >= 0.6 is 11.8 Å². The molecule has 1 aliphatic heterocycles. The van der Waals surface area contributed by atoms with E-state index in [1.807, 2.05) is 30.0 Å². The smallest absolute Gasteiger partial charge is 0.235 e. The Morgan fingerprint density at radius 1 is 1.22 bits per heavy atom. The van der Waals surface area contributed by atoms with E-state index in [9.17, 15) is 4.79 Å². The van der Waals surface area contributed by atoms with Crippen LogP contribution in [-0.4, -0.2) is 30.8 Å². The van der Waals surface area contributed by atoms with E-state index in [0.717, 1.165) is 67.1 Å². The summed E-state index contributed by atoms with van der Waals surface area (Å²) in [5.74, 6) is 3.83. The molecule has 1 aliphatic carbocycles. The average molecular weight is 333 g/mol. The van der Waals surface area contributed by atoms with Gasteiger partial charge in [0.15, 0.2) is 11.5 Å². The van der Waals surface area contributed by atoms with Gasteiger partial charge in [-0.1, -0.05) is 18.9 Å². The number of ether oxygens (including phenoxy) is 2. The van der Waals surface area contributed by atoms with E-state index in [0.29, 0.717) is 0 Å². The molecule has 0 atom stereocenters. The summed E-state index contributed by atoms with van der Waals surface area (Å²) in [5.41, 5.74) is 0.608. The van der Waals surface area contributed by atoms with Crippen molar-refractivity contribution < 1.29 is 14.3 Å². The van der Waals surface area contributed by atoms with Gasteiger partial charge in [0.05, 0.1) is 12.6 Å². The Morgan fingerprint density at radius 3 is 2.61 bits per heavy atom. The first-order valence-electron chi connectivity index (χ1n) is 8.29. The molecule has 0 amide bonds. The van der Waals surface area contributed by atoms with Crippen molar-refractivity contribution in [3.63, 3.8) is 0 Å². The summed E-state index contributed by atoms with van der Waals surface area (Å²) in [6.07, 6.45) is 8.16. The van der Waals surface area contributed by atoms with Gasteiger partial charge in [-0.15, -0.1) is 0 Å². The molecule has 3 rings (SSSR count). The molecule has 1 saturated heterocycles. The van der Waals surface area contributed by atoms with Gasteiger partial charge in [-0.3, -0.25) is 0 Å². The fourth-order valence-corrected chi connectivity index (χ4v) is 4.60. The molecule has 1 aromatic rings. The predicted molar refractivity (Wildman–Crippen MR) is 92.2 cm³/mol. The van der Waals surface area contributed by atoms with Gasteiger partial charge in [-0.25, -0.2) is 4.79 Å². The van der Waals surface area contributed by atoms with Crippen molar-refractivity contribution in [1.82, 2.24) is 0 Å². The fourth-order valence-electron chi connectivity index (χ4n) is 3.54. The Hall–Kier alpha value is -1.45. The highest BCUT2D eigenvalue weighted by Crippen LogP contribution is 2.44. The van der Waals surface area contributed by atoms with E-state index in [1.54, 1.807) is 13.2 Å². The summed E-state index contributed by atoms with van der Waals surface area (Å²) in [7, 11) is 1.66. The summed E-state index contributed by atoms with van der Waals surface area (Å²) in [4.78, 5) is 15.0. The number of nitrogens with zero attached hydrogens (tertiary/aromatic N) is 1. The number of methoxy groups -OCH3 is 1. The van der Waals surface area contributed by atoms with Crippen LogP contribution in [0, 0.1) is 0 Å². The first kappa shape index (κ1) is 16.4. The summed E-state index contributed by atoms with van der Waals surface area (Å²) in [6, 6.07) is 5.98. The molecule has 0 aromatic heterocycles. The Bertz CT molecular complexity index is 586. The van der Waals surface area contributed by atoms with E-state index >= 15 is 0 Å². The van der Waals surface area contributed by atoms with Gasteiger partial charge in [0.25, 0.3) is 0 Å². The number of carbonyl (C=O) groups excluding carboxylic acids is 1. The van der Waals surface area contributed by atoms with E-state index in [4.69, 9.17) is 9.47 Å². The zero-order valence-electron chi connectivity index (χ0n) is 13.5. The minimum Gasteiger partial charge on any atom is -0.493 e. The summed E-state index contributed by atoms with van der Waals surface area (Å²) in [6.45, 7) is 0. The lowest BCUT2D eigenvalue weighted by atomic mass is 9.88. The fraction of sp³-hybridized carbons (Fsp3) is 0.611. The lowest BCUT2D eigenvalue weighted by molar-refractivity contribution is 0.184. The van der Waals surface area contributed by atoms with Crippen molar-refractivity contribution in [2.24, 2.45) is 4.99 Å². The van der Waals surface area contributed by atoms with E-state index in [2.05, 4.69) is 4.99 Å². The van der Waals surface area contributed by atoms with Crippen LogP contribution in [0.15, 0.2) is 23.2 Å². The molecule has 23 heavy (non-hydrogen) atoms. The van der Waals surface area contributed by atoms with E-state index < -0.39 is 5.54 Å². The highest BCUT2D eigenvalue weighted by atomic mass is 32.2. The molecule has 124 valence electrons. The van der Waals surface area contributed by atoms with Crippen molar-refractivity contribution in [1.29, 1.82) is 0 Å². The second kappa shape index (κ2) is 7.41. The van der Waals surface area contributed by atoms with Crippen LogP contribution < -0.4 is 9.47 Å². The third kappa shape index (κ3) is 3.56. The zero-order chi connectivity index (χ0) is 16.1. The zero-order valence-corrected chi connectivity index (χ0v) is 14.4. The molecule has 1 aromatic carbocycles. The van der Waals surface area contributed by atoms with Crippen molar-refractivity contribution in [2.45, 2.75) is 50.2 Å². The number of isocyanates is 1. The maximum Gasteiger partial charge on any atom is 0.235 e. The van der Waals surface area contributed by atoms with Gasteiger partial charge in [0.1, 0.15) is 6.10 Å². The van der Waals surface area contributed by atoms with Crippen LogP contribution in [0.4, 0.5) is 0 Å². The minimum absolute atomic E-state index is 0.268. The van der Waals surface area contributed by atoms with Crippen LogP contribution in [-0.2, 0) is 10.3 Å².